The van der Waals surface area contributed by atoms with Gasteiger partial charge in [-0.15, -0.1) is 0 Å². The second-order valence-electron chi connectivity index (χ2n) is 4.96. The van der Waals surface area contributed by atoms with Crippen LogP contribution in [0.2, 0.25) is 0 Å². The zero-order valence-electron chi connectivity index (χ0n) is 9.59. The SMILES string of the molecule is C=C(C)[C@@H]1C[C@H](COC(C)=O)C1(C)C. The van der Waals surface area contributed by atoms with Crippen LogP contribution in [0, 0.1) is 17.3 Å². The van der Waals surface area contributed by atoms with E-state index in [-0.39, 0.29) is 11.4 Å². The van der Waals surface area contributed by atoms with E-state index in [1.165, 1.54) is 12.5 Å². The molecule has 2 atom stereocenters. The summed E-state index contributed by atoms with van der Waals surface area (Å²) in [5.41, 5.74) is 1.48. The highest BCUT2D eigenvalue weighted by Gasteiger charge is 2.48. The molecule has 0 saturated heterocycles. The molecule has 1 fully saturated rings. The number of ether oxygens (including phenoxy) is 1. The maximum absolute atomic E-state index is 10.7. The van der Waals surface area contributed by atoms with E-state index in [4.69, 9.17) is 4.74 Å². The van der Waals surface area contributed by atoms with Crippen LogP contribution < -0.4 is 0 Å². The van der Waals surface area contributed by atoms with Crippen molar-refractivity contribution in [2.24, 2.45) is 17.3 Å². The summed E-state index contributed by atoms with van der Waals surface area (Å²) in [5, 5.41) is 0. The van der Waals surface area contributed by atoms with Gasteiger partial charge in [-0.05, 0) is 30.6 Å². The second kappa shape index (κ2) is 3.76. The van der Waals surface area contributed by atoms with Crippen molar-refractivity contribution in [2.75, 3.05) is 6.61 Å². The molecule has 1 aliphatic rings. The smallest absolute Gasteiger partial charge is 0.302 e. The van der Waals surface area contributed by atoms with Gasteiger partial charge in [0.25, 0.3) is 0 Å². The third-order valence-electron chi connectivity index (χ3n) is 3.55. The molecule has 1 rings (SSSR count). The van der Waals surface area contributed by atoms with E-state index in [0.29, 0.717) is 18.4 Å². The Hall–Kier alpha value is -0.790. The summed E-state index contributed by atoms with van der Waals surface area (Å²) in [4.78, 5) is 10.7. The van der Waals surface area contributed by atoms with Crippen LogP contribution in [0.15, 0.2) is 12.2 Å². The van der Waals surface area contributed by atoms with Crippen molar-refractivity contribution in [2.45, 2.75) is 34.1 Å². The van der Waals surface area contributed by atoms with Gasteiger partial charge >= 0.3 is 5.97 Å². The van der Waals surface area contributed by atoms with E-state index in [1.54, 1.807) is 0 Å². The number of hydrogen-bond acceptors (Lipinski definition) is 2. The first-order chi connectivity index (χ1) is 6.35. The monoisotopic (exact) mass is 196 g/mol. The fourth-order valence-electron chi connectivity index (χ4n) is 2.35. The fourth-order valence-corrected chi connectivity index (χ4v) is 2.35. The Balaban J connectivity index is 2.46. The Bertz CT molecular complexity index is 251. The predicted octanol–water partition coefficient (Wildman–Crippen LogP) is 2.79. The molecule has 0 heterocycles. The first-order valence-corrected chi connectivity index (χ1v) is 5.14. The lowest BCUT2D eigenvalue weighted by molar-refractivity contribution is -0.147. The summed E-state index contributed by atoms with van der Waals surface area (Å²) in [5.74, 6) is 0.899. The summed E-state index contributed by atoms with van der Waals surface area (Å²) in [6, 6.07) is 0. The second-order valence-corrected chi connectivity index (χ2v) is 4.96. The van der Waals surface area contributed by atoms with E-state index in [1.807, 2.05) is 0 Å². The Morgan fingerprint density at radius 3 is 2.43 bits per heavy atom. The van der Waals surface area contributed by atoms with Gasteiger partial charge in [0.1, 0.15) is 0 Å². The molecule has 0 aromatic heterocycles. The average Bonchev–Trinajstić information content (AvgIpc) is 2.00. The van der Waals surface area contributed by atoms with Crippen LogP contribution in [0.25, 0.3) is 0 Å². The van der Waals surface area contributed by atoms with Crippen LogP contribution in [0.3, 0.4) is 0 Å². The number of rotatable bonds is 3. The minimum absolute atomic E-state index is 0.181. The maximum atomic E-state index is 10.7. The minimum atomic E-state index is -0.181. The molecular formula is C12H20O2. The quantitative estimate of drug-likeness (QED) is 0.512. The fraction of sp³-hybridized carbons (Fsp3) is 0.750. The van der Waals surface area contributed by atoms with Gasteiger partial charge in [-0.3, -0.25) is 4.79 Å². The lowest BCUT2D eigenvalue weighted by Crippen LogP contribution is -2.47. The van der Waals surface area contributed by atoms with E-state index in [0.717, 1.165) is 6.42 Å². The van der Waals surface area contributed by atoms with Crippen LogP contribution in [-0.2, 0) is 9.53 Å². The predicted molar refractivity (Wildman–Crippen MR) is 56.8 cm³/mol. The molecule has 2 nitrogen and oxygen atoms in total. The van der Waals surface area contributed by atoms with Gasteiger partial charge < -0.3 is 4.74 Å². The summed E-state index contributed by atoms with van der Waals surface area (Å²) in [6.45, 7) is 12.5. The number of carbonyl (C=O) groups is 1. The van der Waals surface area contributed by atoms with Crippen molar-refractivity contribution in [3.63, 3.8) is 0 Å². The van der Waals surface area contributed by atoms with Gasteiger partial charge in [-0.25, -0.2) is 0 Å². The normalized spacial score (nSPS) is 29.1. The molecule has 80 valence electrons. The van der Waals surface area contributed by atoms with Crippen LogP contribution in [0.4, 0.5) is 0 Å². The molecule has 2 heteroatoms. The number of esters is 1. The third kappa shape index (κ3) is 1.99. The molecule has 0 radical (unpaired) electrons. The first-order valence-electron chi connectivity index (χ1n) is 5.14. The van der Waals surface area contributed by atoms with Crippen LogP contribution in [0.1, 0.15) is 34.1 Å². The lowest BCUT2D eigenvalue weighted by Gasteiger charge is -2.52. The van der Waals surface area contributed by atoms with Gasteiger partial charge in [0.05, 0.1) is 6.61 Å². The highest BCUT2D eigenvalue weighted by molar-refractivity contribution is 5.65. The molecule has 1 saturated carbocycles. The Labute approximate surface area is 86.3 Å². The molecule has 0 bridgehead atoms. The largest absolute Gasteiger partial charge is 0.466 e. The minimum Gasteiger partial charge on any atom is -0.466 e. The summed E-state index contributed by atoms with van der Waals surface area (Å²) in [6.07, 6.45) is 1.11. The molecule has 1 aliphatic carbocycles. The van der Waals surface area contributed by atoms with Crippen molar-refractivity contribution in [3.05, 3.63) is 12.2 Å². The average molecular weight is 196 g/mol. The van der Waals surface area contributed by atoms with Gasteiger partial charge in [-0.1, -0.05) is 26.0 Å². The molecule has 0 aliphatic heterocycles. The number of carbonyl (C=O) groups excluding carboxylic acids is 1. The van der Waals surface area contributed by atoms with Crippen molar-refractivity contribution >= 4 is 5.97 Å². The Morgan fingerprint density at radius 2 is 2.07 bits per heavy atom. The molecule has 14 heavy (non-hydrogen) atoms. The molecule has 0 amide bonds. The third-order valence-corrected chi connectivity index (χ3v) is 3.55. The van der Waals surface area contributed by atoms with Gasteiger partial charge in [0.15, 0.2) is 0 Å². The van der Waals surface area contributed by atoms with Crippen LogP contribution in [-0.4, -0.2) is 12.6 Å². The highest BCUT2D eigenvalue weighted by atomic mass is 16.5. The van der Waals surface area contributed by atoms with Gasteiger partial charge in [0, 0.05) is 6.92 Å². The molecule has 0 N–H and O–H groups in total. The zero-order valence-corrected chi connectivity index (χ0v) is 9.59. The molecule has 0 spiro atoms. The topological polar surface area (TPSA) is 26.3 Å². The number of hydrogen-bond donors (Lipinski definition) is 0. The van der Waals surface area contributed by atoms with Crippen LogP contribution >= 0.6 is 0 Å². The Kier molecular flexibility index (Phi) is 3.03. The number of allylic oxidation sites excluding steroid dienone is 1. The Morgan fingerprint density at radius 1 is 1.50 bits per heavy atom. The van der Waals surface area contributed by atoms with E-state index >= 15 is 0 Å². The van der Waals surface area contributed by atoms with E-state index < -0.39 is 0 Å². The van der Waals surface area contributed by atoms with E-state index in [9.17, 15) is 4.79 Å². The highest BCUT2D eigenvalue weighted by Crippen LogP contribution is 2.54. The van der Waals surface area contributed by atoms with Crippen molar-refractivity contribution < 1.29 is 9.53 Å². The first kappa shape index (κ1) is 11.3. The van der Waals surface area contributed by atoms with Gasteiger partial charge in [-0.2, -0.15) is 0 Å². The summed E-state index contributed by atoms with van der Waals surface area (Å²) < 4.78 is 5.04. The molecule has 0 aromatic rings. The molecule has 0 unspecified atom stereocenters. The van der Waals surface area contributed by atoms with Crippen LogP contribution in [0.5, 0.6) is 0 Å². The van der Waals surface area contributed by atoms with Gasteiger partial charge in [0.2, 0.25) is 0 Å². The van der Waals surface area contributed by atoms with Crippen molar-refractivity contribution in [1.29, 1.82) is 0 Å². The van der Waals surface area contributed by atoms with Crippen molar-refractivity contribution in [3.8, 4) is 0 Å². The zero-order chi connectivity index (χ0) is 10.9. The molecular weight excluding hydrogens is 176 g/mol. The molecule has 0 aromatic carbocycles. The van der Waals surface area contributed by atoms with E-state index in [2.05, 4.69) is 27.4 Å². The summed E-state index contributed by atoms with van der Waals surface area (Å²) >= 11 is 0. The maximum Gasteiger partial charge on any atom is 0.302 e. The van der Waals surface area contributed by atoms with Crippen molar-refractivity contribution in [1.82, 2.24) is 0 Å². The summed E-state index contributed by atoms with van der Waals surface area (Å²) in [7, 11) is 0. The lowest BCUT2D eigenvalue weighted by atomic mass is 9.53. The standard InChI is InChI=1S/C12H20O2/c1-8(2)11-6-10(12(11,4)5)7-14-9(3)13/h10-11H,1,6-7H2,2-5H3/t10-,11+/m1/s1.